The van der Waals surface area contributed by atoms with Crippen LogP contribution in [0.25, 0.3) is 0 Å². The van der Waals surface area contributed by atoms with Crippen molar-refractivity contribution in [1.29, 1.82) is 0 Å². The molecule has 0 amide bonds. The number of fused-ring (bicyclic) bond motifs is 1. The fraction of sp³-hybridized carbons (Fsp3) is 0.750. The van der Waals surface area contributed by atoms with E-state index in [4.69, 9.17) is 4.74 Å². The molecular formula is C12H18O2. The Labute approximate surface area is 85.3 Å². The number of ketones is 1. The van der Waals surface area contributed by atoms with Gasteiger partial charge in [-0.15, -0.1) is 0 Å². The Bertz CT molecular complexity index is 316. The van der Waals surface area contributed by atoms with Crippen molar-refractivity contribution in [2.24, 2.45) is 11.3 Å². The lowest BCUT2D eigenvalue weighted by Crippen LogP contribution is -2.47. The van der Waals surface area contributed by atoms with Gasteiger partial charge in [0.05, 0.1) is 6.10 Å². The molecule has 0 bridgehead atoms. The number of hydrogen-bond acceptors (Lipinski definition) is 2. The Morgan fingerprint density at radius 2 is 2.07 bits per heavy atom. The van der Waals surface area contributed by atoms with Crippen molar-refractivity contribution in [2.75, 3.05) is 0 Å². The van der Waals surface area contributed by atoms with Crippen LogP contribution in [0.3, 0.4) is 0 Å². The van der Waals surface area contributed by atoms with Crippen LogP contribution in [-0.2, 0) is 9.53 Å². The van der Waals surface area contributed by atoms with Gasteiger partial charge in [-0.3, -0.25) is 4.79 Å². The van der Waals surface area contributed by atoms with E-state index in [1.807, 2.05) is 27.7 Å². The minimum Gasteiger partial charge on any atom is -0.358 e. The number of hydrogen-bond donors (Lipinski definition) is 0. The molecular weight excluding hydrogens is 176 g/mol. The summed E-state index contributed by atoms with van der Waals surface area (Å²) in [6.45, 7) is 11.9. The molecule has 0 radical (unpaired) electrons. The molecule has 2 rings (SSSR count). The Kier molecular flexibility index (Phi) is 1.76. The predicted octanol–water partition coefficient (Wildman–Crippen LogP) is 2.34. The maximum absolute atomic E-state index is 12.2. The topological polar surface area (TPSA) is 29.6 Å². The molecule has 14 heavy (non-hydrogen) atoms. The van der Waals surface area contributed by atoms with Gasteiger partial charge >= 0.3 is 0 Å². The summed E-state index contributed by atoms with van der Waals surface area (Å²) in [6, 6.07) is 0. The van der Waals surface area contributed by atoms with Gasteiger partial charge in [-0.2, -0.15) is 0 Å². The van der Waals surface area contributed by atoms with Crippen molar-refractivity contribution in [3.8, 4) is 0 Å². The number of epoxide rings is 1. The van der Waals surface area contributed by atoms with E-state index in [0.717, 1.165) is 12.0 Å². The molecule has 2 aliphatic rings. The summed E-state index contributed by atoms with van der Waals surface area (Å²) in [4.78, 5) is 12.2. The molecule has 3 atom stereocenters. The zero-order valence-electron chi connectivity index (χ0n) is 9.39. The quantitative estimate of drug-likeness (QED) is 0.473. The first-order valence-corrected chi connectivity index (χ1v) is 5.18. The highest BCUT2D eigenvalue weighted by Gasteiger charge is 2.67. The standard InChI is InChI=1S/C12H18O2/c1-7(2)8-6-9-12(5,14-9)10(13)11(8,3)4/h8-9H,1,6H2,2-5H3/t8-,9+,12+/m0/s1. The van der Waals surface area contributed by atoms with Crippen molar-refractivity contribution < 1.29 is 9.53 Å². The van der Waals surface area contributed by atoms with Gasteiger partial charge in [-0.1, -0.05) is 26.0 Å². The Morgan fingerprint density at radius 3 is 2.57 bits per heavy atom. The molecule has 0 unspecified atom stereocenters. The third kappa shape index (κ3) is 1.04. The summed E-state index contributed by atoms with van der Waals surface area (Å²) in [7, 11) is 0. The fourth-order valence-corrected chi connectivity index (χ4v) is 2.86. The summed E-state index contributed by atoms with van der Waals surface area (Å²) in [5, 5.41) is 0. The molecule has 2 fully saturated rings. The molecule has 0 aromatic heterocycles. The Balaban J connectivity index is 2.34. The number of ether oxygens (including phenoxy) is 1. The van der Waals surface area contributed by atoms with E-state index in [2.05, 4.69) is 6.58 Å². The van der Waals surface area contributed by atoms with Crippen LogP contribution in [0.5, 0.6) is 0 Å². The van der Waals surface area contributed by atoms with Gasteiger partial charge in [0.1, 0.15) is 0 Å². The highest BCUT2D eigenvalue weighted by molar-refractivity contribution is 5.96. The van der Waals surface area contributed by atoms with Gasteiger partial charge < -0.3 is 4.74 Å². The van der Waals surface area contributed by atoms with Crippen molar-refractivity contribution in [3.05, 3.63) is 12.2 Å². The monoisotopic (exact) mass is 194 g/mol. The van der Waals surface area contributed by atoms with E-state index in [0.29, 0.717) is 0 Å². The molecule has 0 aromatic carbocycles. The van der Waals surface area contributed by atoms with Gasteiger partial charge in [0.2, 0.25) is 0 Å². The van der Waals surface area contributed by atoms with Crippen LogP contribution in [0.2, 0.25) is 0 Å². The first kappa shape index (κ1) is 9.91. The van der Waals surface area contributed by atoms with Crippen molar-refractivity contribution >= 4 is 5.78 Å². The van der Waals surface area contributed by atoms with E-state index in [-0.39, 0.29) is 23.2 Å². The molecule has 1 heterocycles. The smallest absolute Gasteiger partial charge is 0.173 e. The molecule has 1 aliphatic heterocycles. The third-order valence-corrected chi connectivity index (χ3v) is 3.90. The minimum atomic E-state index is -0.477. The molecule has 2 heteroatoms. The summed E-state index contributed by atoms with van der Waals surface area (Å²) in [6.07, 6.45) is 1.09. The maximum atomic E-state index is 12.2. The molecule has 2 nitrogen and oxygen atoms in total. The summed E-state index contributed by atoms with van der Waals surface area (Å²) < 4.78 is 5.50. The van der Waals surface area contributed by atoms with Gasteiger partial charge in [0.15, 0.2) is 11.4 Å². The lowest BCUT2D eigenvalue weighted by atomic mass is 9.62. The molecule has 1 saturated heterocycles. The Morgan fingerprint density at radius 1 is 1.50 bits per heavy atom. The highest BCUT2D eigenvalue weighted by atomic mass is 16.6. The third-order valence-electron chi connectivity index (χ3n) is 3.90. The van der Waals surface area contributed by atoms with E-state index in [1.165, 1.54) is 0 Å². The largest absolute Gasteiger partial charge is 0.358 e. The van der Waals surface area contributed by atoms with Crippen molar-refractivity contribution in [1.82, 2.24) is 0 Å². The number of carbonyl (C=O) groups excluding carboxylic acids is 1. The normalized spacial score (nSPS) is 44.4. The second kappa shape index (κ2) is 2.48. The summed E-state index contributed by atoms with van der Waals surface area (Å²) in [5.74, 6) is 0.518. The van der Waals surface area contributed by atoms with Crippen LogP contribution in [0.4, 0.5) is 0 Å². The number of allylic oxidation sites excluding steroid dienone is 1. The van der Waals surface area contributed by atoms with Crippen LogP contribution < -0.4 is 0 Å². The van der Waals surface area contributed by atoms with Crippen LogP contribution in [-0.4, -0.2) is 17.5 Å². The molecule has 78 valence electrons. The highest BCUT2D eigenvalue weighted by Crippen LogP contribution is 2.55. The van der Waals surface area contributed by atoms with E-state index >= 15 is 0 Å². The molecule has 0 aromatic rings. The first-order valence-electron chi connectivity index (χ1n) is 5.18. The van der Waals surface area contributed by atoms with Crippen LogP contribution in [0.15, 0.2) is 12.2 Å². The average Bonchev–Trinajstić information content (AvgIpc) is 2.71. The fourth-order valence-electron chi connectivity index (χ4n) is 2.86. The number of carbonyl (C=O) groups is 1. The lowest BCUT2D eigenvalue weighted by Gasteiger charge is -2.37. The van der Waals surface area contributed by atoms with Crippen LogP contribution in [0, 0.1) is 11.3 Å². The second-order valence-electron chi connectivity index (χ2n) is 5.40. The van der Waals surface area contributed by atoms with Crippen molar-refractivity contribution in [2.45, 2.75) is 45.8 Å². The maximum Gasteiger partial charge on any atom is 0.173 e. The van der Waals surface area contributed by atoms with Crippen LogP contribution >= 0.6 is 0 Å². The van der Waals surface area contributed by atoms with E-state index in [1.54, 1.807) is 0 Å². The summed E-state index contributed by atoms with van der Waals surface area (Å²) in [5.41, 5.74) is 0.309. The molecule has 0 spiro atoms. The minimum absolute atomic E-state index is 0.143. The first-order chi connectivity index (χ1) is 6.30. The molecule has 1 aliphatic carbocycles. The van der Waals surface area contributed by atoms with Crippen LogP contribution in [0.1, 0.15) is 34.1 Å². The molecule has 0 N–H and O–H groups in total. The molecule has 1 saturated carbocycles. The Hall–Kier alpha value is -0.630. The second-order valence-corrected chi connectivity index (χ2v) is 5.40. The van der Waals surface area contributed by atoms with Gasteiger partial charge in [0, 0.05) is 5.41 Å². The van der Waals surface area contributed by atoms with Gasteiger partial charge in [-0.25, -0.2) is 0 Å². The summed E-state index contributed by atoms with van der Waals surface area (Å²) >= 11 is 0. The number of Topliss-reactive ketones (excluding diaryl/α,β-unsaturated/α-hetero) is 1. The average molecular weight is 194 g/mol. The zero-order valence-corrected chi connectivity index (χ0v) is 9.39. The predicted molar refractivity (Wildman–Crippen MR) is 55.0 cm³/mol. The zero-order chi connectivity index (χ0) is 10.7. The van der Waals surface area contributed by atoms with E-state index in [9.17, 15) is 4.79 Å². The number of rotatable bonds is 1. The lowest BCUT2D eigenvalue weighted by molar-refractivity contribution is -0.135. The van der Waals surface area contributed by atoms with Crippen molar-refractivity contribution in [3.63, 3.8) is 0 Å². The van der Waals surface area contributed by atoms with Gasteiger partial charge in [0.25, 0.3) is 0 Å². The van der Waals surface area contributed by atoms with Gasteiger partial charge in [-0.05, 0) is 26.2 Å². The van der Waals surface area contributed by atoms with E-state index < -0.39 is 5.60 Å². The SMILES string of the molecule is C=C(C)[C@@H]1C[C@H]2O[C@@]2(C)C(=O)C1(C)C.